The lowest BCUT2D eigenvalue weighted by Crippen LogP contribution is -1.92. The Morgan fingerprint density at radius 1 is 1.44 bits per heavy atom. The Morgan fingerprint density at radius 2 is 2.28 bits per heavy atom. The van der Waals surface area contributed by atoms with Gasteiger partial charge in [0.25, 0.3) is 0 Å². The number of fused-ring (bicyclic) bond motifs is 1. The van der Waals surface area contributed by atoms with Crippen molar-refractivity contribution >= 4 is 34.4 Å². The molecule has 0 aromatic carbocycles. The molecule has 3 aromatic rings. The number of rotatable bonds is 2. The molecule has 3 aromatic heterocycles. The molecule has 0 atom stereocenters. The molecule has 7 heteroatoms. The van der Waals surface area contributed by atoms with E-state index in [4.69, 9.17) is 16.7 Å². The predicted molar refractivity (Wildman–Crippen MR) is 68.3 cm³/mol. The third-order valence-corrected chi connectivity index (χ3v) is 3.69. The molecule has 5 nitrogen and oxygen atoms in total. The molecule has 3 heterocycles. The van der Waals surface area contributed by atoms with Crippen LogP contribution in [0.15, 0.2) is 30.7 Å². The summed E-state index contributed by atoms with van der Waals surface area (Å²) in [5.74, 6) is -1.03. The number of thiazole rings is 1. The highest BCUT2D eigenvalue weighted by molar-refractivity contribution is 7.16. The summed E-state index contributed by atoms with van der Waals surface area (Å²) in [6.07, 6.45) is 4.96. The Labute approximate surface area is 110 Å². The Balaban J connectivity index is 2.18. The van der Waals surface area contributed by atoms with Gasteiger partial charge in [0.1, 0.15) is 0 Å². The zero-order valence-corrected chi connectivity index (χ0v) is 10.4. The SMILES string of the molecule is O=C(O)c1ncc(-c2cnn3ccc(Cl)cc23)s1. The number of carbonyl (C=O) groups is 1. The minimum Gasteiger partial charge on any atom is -0.476 e. The van der Waals surface area contributed by atoms with Gasteiger partial charge in [0, 0.05) is 23.0 Å². The number of aromatic nitrogens is 3. The lowest BCUT2D eigenvalue weighted by Gasteiger charge is -1.96. The van der Waals surface area contributed by atoms with E-state index >= 15 is 0 Å². The van der Waals surface area contributed by atoms with Crippen LogP contribution < -0.4 is 0 Å². The van der Waals surface area contributed by atoms with E-state index < -0.39 is 5.97 Å². The molecule has 0 fully saturated rings. The fraction of sp³-hybridized carbons (Fsp3) is 0. The third kappa shape index (κ3) is 1.75. The van der Waals surface area contributed by atoms with Gasteiger partial charge in [0.2, 0.25) is 5.01 Å². The summed E-state index contributed by atoms with van der Waals surface area (Å²) in [5.41, 5.74) is 1.64. The van der Waals surface area contributed by atoms with E-state index in [9.17, 15) is 4.79 Å². The summed E-state index contributed by atoms with van der Waals surface area (Å²) in [5, 5.41) is 13.7. The molecule has 0 aliphatic rings. The van der Waals surface area contributed by atoms with E-state index in [1.165, 1.54) is 6.20 Å². The summed E-state index contributed by atoms with van der Waals surface area (Å²) in [6, 6.07) is 3.52. The van der Waals surface area contributed by atoms with E-state index in [2.05, 4.69) is 10.1 Å². The van der Waals surface area contributed by atoms with E-state index in [0.29, 0.717) is 5.02 Å². The maximum absolute atomic E-state index is 10.8. The molecule has 0 unspecified atom stereocenters. The Bertz CT molecular complexity index is 750. The van der Waals surface area contributed by atoms with Gasteiger partial charge in [-0.3, -0.25) is 0 Å². The lowest BCUT2D eigenvalue weighted by molar-refractivity contribution is 0.0696. The summed E-state index contributed by atoms with van der Waals surface area (Å²) in [6.45, 7) is 0. The molecule has 0 aliphatic heterocycles. The van der Waals surface area contributed by atoms with E-state index in [0.717, 1.165) is 27.3 Å². The summed E-state index contributed by atoms with van der Waals surface area (Å²) >= 11 is 7.06. The molecule has 18 heavy (non-hydrogen) atoms. The lowest BCUT2D eigenvalue weighted by atomic mass is 10.2. The average molecular weight is 280 g/mol. The summed E-state index contributed by atoms with van der Waals surface area (Å²) < 4.78 is 1.68. The van der Waals surface area contributed by atoms with Gasteiger partial charge in [-0.2, -0.15) is 5.10 Å². The van der Waals surface area contributed by atoms with Crippen LogP contribution in [0, 0.1) is 0 Å². The van der Waals surface area contributed by atoms with E-state index in [1.807, 2.05) is 0 Å². The number of hydrogen-bond acceptors (Lipinski definition) is 4. The molecule has 1 N–H and O–H groups in total. The highest BCUT2D eigenvalue weighted by Gasteiger charge is 2.13. The number of carboxylic acids is 1. The van der Waals surface area contributed by atoms with Gasteiger partial charge in [0.15, 0.2) is 0 Å². The van der Waals surface area contributed by atoms with Crippen molar-refractivity contribution in [1.82, 2.24) is 14.6 Å². The van der Waals surface area contributed by atoms with Crippen molar-refractivity contribution in [2.75, 3.05) is 0 Å². The minimum atomic E-state index is -1.03. The maximum atomic E-state index is 10.8. The number of nitrogens with zero attached hydrogens (tertiary/aromatic N) is 3. The van der Waals surface area contributed by atoms with Crippen molar-refractivity contribution in [3.63, 3.8) is 0 Å². The molecular weight excluding hydrogens is 274 g/mol. The second kappa shape index (κ2) is 4.08. The Morgan fingerprint density at radius 3 is 3.00 bits per heavy atom. The first kappa shape index (κ1) is 11.2. The molecule has 0 amide bonds. The second-order valence-corrected chi connectivity index (χ2v) is 5.03. The van der Waals surface area contributed by atoms with Crippen LogP contribution in [-0.2, 0) is 0 Å². The van der Waals surface area contributed by atoms with Gasteiger partial charge in [-0.1, -0.05) is 11.6 Å². The largest absolute Gasteiger partial charge is 0.476 e. The number of hydrogen-bond donors (Lipinski definition) is 1. The zero-order valence-electron chi connectivity index (χ0n) is 8.87. The molecule has 0 saturated heterocycles. The fourth-order valence-corrected chi connectivity index (χ4v) is 2.58. The van der Waals surface area contributed by atoms with Crippen molar-refractivity contribution in [1.29, 1.82) is 0 Å². The van der Waals surface area contributed by atoms with Crippen LogP contribution in [0.2, 0.25) is 5.02 Å². The molecule has 0 radical (unpaired) electrons. The first-order valence-corrected chi connectivity index (χ1v) is 6.17. The molecule has 3 rings (SSSR count). The molecule has 90 valence electrons. The van der Waals surface area contributed by atoms with Gasteiger partial charge in [-0.15, -0.1) is 11.3 Å². The Kier molecular flexibility index (Phi) is 2.53. The molecule has 0 bridgehead atoms. The standard InChI is InChI=1S/C11H6ClN3O2S/c12-6-1-2-15-8(3-6)7(4-14-15)9-5-13-10(18-9)11(16)17/h1-5H,(H,16,17). The van der Waals surface area contributed by atoms with Gasteiger partial charge in [-0.25, -0.2) is 14.3 Å². The monoisotopic (exact) mass is 279 g/mol. The van der Waals surface area contributed by atoms with Crippen LogP contribution >= 0.6 is 22.9 Å². The van der Waals surface area contributed by atoms with E-state index in [-0.39, 0.29) is 5.01 Å². The second-order valence-electron chi connectivity index (χ2n) is 3.57. The van der Waals surface area contributed by atoms with Gasteiger partial charge in [0.05, 0.1) is 16.6 Å². The third-order valence-electron chi connectivity index (χ3n) is 2.44. The number of pyridine rings is 1. The highest BCUT2D eigenvalue weighted by atomic mass is 35.5. The van der Waals surface area contributed by atoms with Crippen LogP contribution in [0.1, 0.15) is 9.80 Å². The molecule has 0 spiro atoms. The zero-order chi connectivity index (χ0) is 12.7. The minimum absolute atomic E-state index is 0.0615. The number of aromatic carboxylic acids is 1. The van der Waals surface area contributed by atoms with Gasteiger partial charge < -0.3 is 5.11 Å². The number of carboxylic acid groups (broad SMARTS) is 1. The van der Waals surface area contributed by atoms with Crippen molar-refractivity contribution in [3.05, 3.63) is 40.8 Å². The first-order chi connectivity index (χ1) is 8.65. The first-order valence-electron chi connectivity index (χ1n) is 4.97. The van der Waals surface area contributed by atoms with Gasteiger partial charge >= 0.3 is 5.97 Å². The molecule has 0 saturated carbocycles. The maximum Gasteiger partial charge on any atom is 0.365 e. The van der Waals surface area contributed by atoms with Crippen LogP contribution in [0.3, 0.4) is 0 Å². The topological polar surface area (TPSA) is 67.5 Å². The molecule has 0 aliphatic carbocycles. The fourth-order valence-electron chi connectivity index (χ4n) is 1.64. The predicted octanol–water partition coefficient (Wildman–Crippen LogP) is 2.81. The highest BCUT2D eigenvalue weighted by Crippen LogP contribution is 2.30. The van der Waals surface area contributed by atoms with Crippen LogP contribution in [0.5, 0.6) is 0 Å². The smallest absolute Gasteiger partial charge is 0.365 e. The van der Waals surface area contributed by atoms with Crippen LogP contribution in [0.4, 0.5) is 0 Å². The summed E-state index contributed by atoms with van der Waals surface area (Å²) in [4.78, 5) is 15.4. The van der Waals surface area contributed by atoms with Gasteiger partial charge in [-0.05, 0) is 12.1 Å². The van der Waals surface area contributed by atoms with Crippen molar-refractivity contribution < 1.29 is 9.90 Å². The van der Waals surface area contributed by atoms with Crippen LogP contribution in [-0.4, -0.2) is 25.7 Å². The van der Waals surface area contributed by atoms with E-state index in [1.54, 1.807) is 29.0 Å². The average Bonchev–Trinajstić information content (AvgIpc) is 2.93. The number of halogens is 1. The van der Waals surface area contributed by atoms with Crippen molar-refractivity contribution in [2.24, 2.45) is 0 Å². The quantitative estimate of drug-likeness (QED) is 0.783. The Hall–Kier alpha value is -1.92. The molecular formula is C11H6ClN3O2S. The van der Waals surface area contributed by atoms with Crippen LogP contribution in [0.25, 0.3) is 16.0 Å². The summed E-state index contributed by atoms with van der Waals surface area (Å²) in [7, 11) is 0. The van der Waals surface area contributed by atoms with Crippen molar-refractivity contribution in [2.45, 2.75) is 0 Å². The normalized spacial score (nSPS) is 10.9. The van der Waals surface area contributed by atoms with Crippen molar-refractivity contribution in [3.8, 4) is 10.4 Å².